The third kappa shape index (κ3) is 3.33. The fourth-order valence-electron chi connectivity index (χ4n) is 3.93. The lowest BCUT2D eigenvalue weighted by molar-refractivity contribution is -0.126. The number of hydrogen-bond donors (Lipinski definition) is 2. The predicted molar refractivity (Wildman–Crippen MR) is 94.0 cm³/mol. The van der Waals surface area contributed by atoms with Crippen LogP contribution in [-0.4, -0.2) is 25.6 Å². The van der Waals surface area contributed by atoms with Crippen molar-refractivity contribution in [2.24, 2.45) is 17.6 Å². The Hall–Kier alpha value is -1.26. The Balaban J connectivity index is 0.00000192. The second kappa shape index (κ2) is 7.10. The van der Waals surface area contributed by atoms with Gasteiger partial charge < -0.3 is 15.8 Å². The van der Waals surface area contributed by atoms with Crippen LogP contribution >= 0.6 is 12.4 Å². The van der Waals surface area contributed by atoms with Crippen molar-refractivity contribution < 1.29 is 9.53 Å². The molecular weight excluding hydrogens is 312 g/mol. The number of halogens is 1. The van der Waals surface area contributed by atoms with E-state index in [0.717, 1.165) is 31.4 Å². The van der Waals surface area contributed by atoms with Gasteiger partial charge in [-0.2, -0.15) is 0 Å². The van der Waals surface area contributed by atoms with Gasteiger partial charge >= 0.3 is 0 Å². The lowest BCUT2D eigenvalue weighted by Gasteiger charge is -2.20. The van der Waals surface area contributed by atoms with Crippen molar-refractivity contribution >= 4 is 18.3 Å². The summed E-state index contributed by atoms with van der Waals surface area (Å²) in [6.45, 7) is 2.82. The Bertz CT molecular complexity index is 566. The molecule has 3 rings (SSSR count). The van der Waals surface area contributed by atoms with Gasteiger partial charge in [-0.05, 0) is 37.8 Å². The van der Waals surface area contributed by atoms with E-state index in [1.54, 1.807) is 7.11 Å². The highest BCUT2D eigenvalue weighted by Gasteiger charge is 2.54. The molecule has 0 aromatic heterocycles. The zero-order chi connectivity index (χ0) is 15.7. The fraction of sp³-hybridized carbons (Fsp3) is 0.611. The largest absolute Gasteiger partial charge is 0.496 e. The summed E-state index contributed by atoms with van der Waals surface area (Å²) in [5.41, 5.74) is 6.96. The smallest absolute Gasteiger partial charge is 0.223 e. The van der Waals surface area contributed by atoms with E-state index < -0.39 is 0 Å². The number of nitrogens with one attached hydrogen (secondary N) is 1. The zero-order valence-corrected chi connectivity index (χ0v) is 14.7. The van der Waals surface area contributed by atoms with Crippen molar-refractivity contribution in [3.63, 3.8) is 0 Å². The molecule has 23 heavy (non-hydrogen) atoms. The average molecular weight is 339 g/mol. The summed E-state index contributed by atoms with van der Waals surface area (Å²) in [6, 6.07) is 8.30. The molecule has 5 heteroatoms. The number of hydrogen-bond acceptors (Lipinski definition) is 3. The van der Waals surface area contributed by atoms with Gasteiger partial charge in [0.05, 0.1) is 7.11 Å². The molecule has 0 radical (unpaired) electrons. The first kappa shape index (κ1) is 18.1. The van der Waals surface area contributed by atoms with Crippen LogP contribution in [-0.2, 0) is 10.2 Å². The first-order valence-electron chi connectivity index (χ1n) is 8.24. The van der Waals surface area contributed by atoms with Gasteiger partial charge in [0.25, 0.3) is 0 Å². The normalized spacial score (nSPS) is 32.0. The lowest BCUT2D eigenvalue weighted by atomic mass is 9.94. The van der Waals surface area contributed by atoms with E-state index in [9.17, 15) is 4.79 Å². The van der Waals surface area contributed by atoms with E-state index in [1.807, 2.05) is 18.2 Å². The maximum atomic E-state index is 12.5. The van der Waals surface area contributed by atoms with Crippen LogP contribution in [0.15, 0.2) is 24.3 Å². The molecule has 2 unspecified atom stereocenters. The number of amides is 1. The summed E-state index contributed by atoms with van der Waals surface area (Å²) >= 11 is 0. The molecule has 0 bridgehead atoms. The Morgan fingerprint density at radius 1 is 1.39 bits per heavy atom. The van der Waals surface area contributed by atoms with Crippen molar-refractivity contribution in [1.29, 1.82) is 0 Å². The van der Waals surface area contributed by atoms with Gasteiger partial charge in [-0.1, -0.05) is 31.5 Å². The van der Waals surface area contributed by atoms with Crippen LogP contribution in [0.3, 0.4) is 0 Å². The van der Waals surface area contributed by atoms with E-state index in [1.165, 1.54) is 5.56 Å². The van der Waals surface area contributed by atoms with E-state index in [0.29, 0.717) is 12.5 Å². The van der Waals surface area contributed by atoms with Crippen molar-refractivity contribution in [2.45, 2.75) is 44.1 Å². The molecule has 2 fully saturated rings. The number of nitrogens with two attached hydrogens (primary N) is 1. The van der Waals surface area contributed by atoms with Crippen LogP contribution in [0.4, 0.5) is 0 Å². The number of carbonyl (C=O) groups excluding carboxylic acids is 1. The fourth-order valence-corrected chi connectivity index (χ4v) is 3.93. The minimum Gasteiger partial charge on any atom is -0.496 e. The number of rotatable bonds is 5. The minimum absolute atomic E-state index is 0. The zero-order valence-electron chi connectivity index (χ0n) is 13.9. The van der Waals surface area contributed by atoms with Gasteiger partial charge in [-0.15, -0.1) is 12.4 Å². The second-order valence-electron chi connectivity index (χ2n) is 6.92. The molecule has 0 saturated heterocycles. The third-order valence-corrected chi connectivity index (χ3v) is 5.57. The molecular formula is C18H27ClN2O2. The molecule has 4 nitrogen and oxygen atoms in total. The molecule has 1 aromatic carbocycles. The number of para-hydroxylation sites is 1. The highest BCUT2D eigenvalue weighted by molar-refractivity contribution is 5.85. The Morgan fingerprint density at radius 2 is 2.13 bits per heavy atom. The first-order chi connectivity index (χ1) is 10.6. The summed E-state index contributed by atoms with van der Waals surface area (Å²) in [4.78, 5) is 12.5. The Morgan fingerprint density at radius 3 is 2.83 bits per heavy atom. The molecule has 0 aliphatic heterocycles. The minimum atomic E-state index is -0.0148. The molecule has 1 amide bonds. The molecule has 0 spiro atoms. The number of carbonyl (C=O) groups is 1. The maximum Gasteiger partial charge on any atom is 0.223 e. The molecule has 2 aliphatic rings. The summed E-state index contributed by atoms with van der Waals surface area (Å²) < 4.78 is 5.47. The van der Waals surface area contributed by atoms with Crippen LogP contribution in [0.2, 0.25) is 0 Å². The summed E-state index contributed by atoms with van der Waals surface area (Å²) in [5, 5.41) is 3.25. The highest BCUT2D eigenvalue weighted by atomic mass is 35.5. The van der Waals surface area contributed by atoms with Gasteiger partial charge in [-0.3, -0.25) is 4.79 Å². The van der Waals surface area contributed by atoms with Crippen molar-refractivity contribution in [3.05, 3.63) is 29.8 Å². The highest BCUT2D eigenvalue weighted by Crippen LogP contribution is 2.51. The van der Waals surface area contributed by atoms with Gasteiger partial charge in [-0.25, -0.2) is 0 Å². The molecule has 128 valence electrons. The molecule has 4 atom stereocenters. The van der Waals surface area contributed by atoms with E-state index in [4.69, 9.17) is 10.5 Å². The third-order valence-electron chi connectivity index (χ3n) is 5.57. The standard InChI is InChI=1S/C18H26N2O2.ClH/c1-18(14-8-3-4-9-15(14)22-2)10-16(18)20-17(21)13-7-5-6-12(13)11-19;/h3-4,8-9,12-13,16H,5-7,10-11,19H2,1-2H3,(H,20,21);1H/t12-,13-,16?,18?;/m1./s1. The average Bonchev–Trinajstić information content (AvgIpc) is 2.99. The topological polar surface area (TPSA) is 64.3 Å². The van der Waals surface area contributed by atoms with Gasteiger partial charge in [0.2, 0.25) is 5.91 Å². The first-order valence-corrected chi connectivity index (χ1v) is 8.24. The molecule has 2 saturated carbocycles. The van der Waals surface area contributed by atoms with Gasteiger partial charge in [0.15, 0.2) is 0 Å². The molecule has 1 aromatic rings. The van der Waals surface area contributed by atoms with Crippen LogP contribution in [0.25, 0.3) is 0 Å². The summed E-state index contributed by atoms with van der Waals surface area (Å²) in [7, 11) is 1.70. The van der Waals surface area contributed by atoms with Crippen LogP contribution in [0.1, 0.15) is 38.2 Å². The quantitative estimate of drug-likeness (QED) is 0.867. The van der Waals surface area contributed by atoms with E-state index >= 15 is 0 Å². The SMILES string of the molecule is COc1ccccc1C1(C)CC1NC(=O)[C@@H]1CCC[C@@H]1CN.Cl. The number of benzene rings is 1. The van der Waals surface area contributed by atoms with E-state index in [-0.39, 0.29) is 35.7 Å². The lowest BCUT2D eigenvalue weighted by Crippen LogP contribution is -2.38. The monoisotopic (exact) mass is 338 g/mol. The Kier molecular flexibility index (Phi) is 5.58. The van der Waals surface area contributed by atoms with Gasteiger partial charge in [0, 0.05) is 22.9 Å². The summed E-state index contributed by atoms with van der Waals surface area (Å²) in [6.07, 6.45) is 4.16. The van der Waals surface area contributed by atoms with Crippen LogP contribution in [0, 0.1) is 11.8 Å². The summed E-state index contributed by atoms with van der Waals surface area (Å²) in [5.74, 6) is 1.56. The Labute approximate surface area is 144 Å². The molecule has 2 aliphatic carbocycles. The molecule has 3 N–H and O–H groups in total. The van der Waals surface area contributed by atoms with Crippen molar-refractivity contribution in [3.8, 4) is 5.75 Å². The van der Waals surface area contributed by atoms with E-state index in [2.05, 4.69) is 18.3 Å². The number of methoxy groups -OCH3 is 1. The number of ether oxygens (including phenoxy) is 1. The molecule has 0 heterocycles. The van der Waals surface area contributed by atoms with Gasteiger partial charge in [0.1, 0.15) is 5.75 Å². The maximum absolute atomic E-state index is 12.5. The predicted octanol–water partition coefficient (Wildman–Crippen LogP) is 2.64. The van der Waals surface area contributed by atoms with Crippen LogP contribution < -0.4 is 15.8 Å². The van der Waals surface area contributed by atoms with Crippen molar-refractivity contribution in [2.75, 3.05) is 13.7 Å². The van der Waals surface area contributed by atoms with Crippen LogP contribution in [0.5, 0.6) is 5.75 Å². The second-order valence-corrected chi connectivity index (χ2v) is 6.92. The van der Waals surface area contributed by atoms with Crippen molar-refractivity contribution in [1.82, 2.24) is 5.32 Å².